The molecule has 3 rings (SSSR count). The van der Waals surface area contributed by atoms with E-state index in [9.17, 15) is 19.2 Å². The monoisotopic (exact) mass is 604 g/mol. The van der Waals surface area contributed by atoms with E-state index in [1.54, 1.807) is 19.3 Å². The molecule has 5 unspecified atom stereocenters. The van der Waals surface area contributed by atoms with E-state index >= 15 is 0 Å². The lowest BCUT2D eigenvalue weighted by Crippen LogP contribution is -2.69. The fraction of sp³-hybridized carbons (Fsp3) is 0.697. The van der Waals surface area contributed by atoms with Crippen LogP contribution in [0.1, 0.15) is 87.0 Å². The van der Waals surface area contributed by atoms with Gasteiger partial charge in [-0.15, -0.1) is 0 Å². The van der Waals surface area contributed by atoms with E-state index in [1.165, 1.54) is 13.8 Å². The number of ether oxygens (including phenoxy) is 6. The molecule has 1 heterocycles. The minimum Gasteiger partial charge on any atom is -0.458 e. The average molecular weight is 605 g/mol. The largest absolute Gasteiger partial charge is 0.458 e. The first kappa shape index (κ1) is 34.5. The summed E-state index contributed by atoms with van der Waals surface area (Å²) in [5.74, 6) is -2.89. The molecule has 240 valence electrons. The first-order valence-corrected chi connectivity index (χ1v) is 15.2. The van der Waals surface area contributed by atoms with Gasteiger partial charge in [-0.05, 0) is 50.0 Å². The molecule has 2 aliphatic carbocycles. The van der Waals surface area contributed by atoms with Crippen molar-refractivity contribution in [2.24, 2.45) is 22.7 Å². The molecule has 0 aromatic carbocycles. The highest BCUT2D eigenvalue weighted by molar-refractivity contribution is 5.71. The minimum absolute atomic E-state index is 0.126. The fourth-order valence-corrected chi connectivity index (χ4v) is 7.09. The van der Waals surface area contributed by atoms with Crippen LogP contribution in [0.25, 0.3) is 0 Å². The molecular weight excluding hydrogens is 556 g/mol. The van der Waals surface area contributed by atoms with Crippen LogP contribution in [0.2, 0.25) is 0 Å². The highest BCUT2D eigenvalue weighted by Crippen LogP contribution is 2.68. The first-order valence-electron chi connectivity index (χ1n) is 15.2. The van der Waals surface area contributed by atoms with Gasteiger partial charge < -0.3 is 23.7 Å². The molecule has 0 amide bonds. The smallest absolute Gasteiger partial charge is 0.308 e. The van der Waals surface area contributed by atoms with Crippen LogP contribution >= 0.6 is 0 Å². The number of carbonyl (C=O) groups excluding carboxylic acids is 4. The van der Waals surface area contributed by atoms with E-state index in [-0.39, 0.29) is 18.8 Å². The molecule has 0 N–H and O–H groups in total. The molecule has 0 bridgehead atoms. The number of allylic oxidation sites excluding steroid dienone is 3. The first-order chi connectivity index (χ1) is 20.3. The molecule has 2 fully saturated rings. The number of hydrogen-bond donors (Lipinski definition) is 0. The van der Waals surface area contributed by atoms with Crippen molar-refractivity contribution in [1.29, 1.82) is 0 Å². The van der Waals surface area contributed by atoms with Gasteiger partial charge in [0.2, 0.25) is 12.6 Å². The van der Waals surface area contributed by atoms with Gasteiger partial charge in [0.1, 0.15) is 11.5 Å². The Morgan fingerprint density at radius 2 is 1.60 bits per heavy atom. The van der Waals surface area contributed by atoms with Gasteiger partial charge in [0.25, 0.3) is 0 Å². The summed E-state index contributed by atoms with van der Waals surface area (Å²) in [6.45, 7) is 16.2. The number of carbonyl (C=O) groups is 4. The highest BCUT2D eigenvalue weighted by Gasteiger charge is 2.75. The van der Waals surface area contributed by atoms with Crippen molar-refractivity contribution in [2.75, 3.05) is 7.11 Å². The third-order valence-electron chi connectivity index (χ3n) is 9.37. The Morgan fingerprint density at radius 3 is 2.14 bits per heavy atom. The molecule has 1 saturated carbocycles. The standard InChI is InChI=1S/C33H48O10/c1-10-13-26(36)41-28-20(5)32(8,16-15-19(4)12-3)25-18-23(38-9)17-24-30(40-22(7)35)43-31(42-27(37)14-11-2)33(24,25)29(28)39-21(6)34/h12,15,17,20,23,25,28-31H,3,10-11,13-14,16,18H2,1-2,4-9H3/b19-15+/t20-,23?,25-,28?,29?,30?,31?,32+,33-/m0/s1. The third kappa shape index (κ3) is 6.75. The molecule has 3 aliphatic rings. The van der Waals surface area contributed by atoms with Crippen LogP contribution in [-0.4, -0.2) is 61.9 Å². The van der Waals surface area contributed by atoms with Gasteiger partial charge >= 0.3 is 23.9 Å². The minimum atomic E-state index is -1.36. The Balaban J connectivity index is 2.41. The summed E-state index contributed by atoms with van der Waals surface area (Å²) in [7, 11) is 1.59. The molecule has 1 spiro atoms. The highest BCUT2D eigenvalue weighted by atomic mass is 16.8. The van der Waals surface area contributed by atoms with Crippen molar-refractivity contribution in [3.05, 3.63) is 36.0 Å². The van der Waals surface area contributed by atoms with Crippen molar-refractivity contribution in [2.45, 2.75) is 118 Å². The lowest BCUT2D eigenvalue weighted by Gasteiger charge is -2.62. The predicted octanol–water partition coefficient (Wildman–Crippen LogP) is 5.34. The number of methoxy groups -OCH3 is 1. The van der Waals surface area contributed by atoms with Gasteiger partial charge in [-0.3, -0.25) is 23.9 Å². The molecule has 0 radical (unpaired) electrons. The maximum Gasteiger partial charge on any atom is 0.308 e. The Morgan fingerprint density at radius 1 is 1.00 bits per heavy atom. The second-order valence-corrected chi connectivity index (χ2v) is 12.2. The molecule has 10 heteroatoms. The molecule has 0 aromatic heterocycles. The Labute approximate surface area is 255 Å². The van der Waals surface area contributed by atoms with Gasteiger partial charge in [-0.25, -0.2) is 0 Å². The molecule has 0 aromatic rings. The van der Waals surface area contributed by atoms with Crippen LogP contribution in [0, 0.1) is 22.7 Å². The van der Waals surface area contributed by atoms with Crippen molar-refractivity contribution in [1.82, 2.24) is 0 Å². The summed E-state index contributed by atoms with van der Waals surface area (Å²) in [6, 6.07) is 0. The number of hydrogen-bond acceptors (Lipinski definition) is 10. The van der Waals surface area contributed by atoms with Crippen LogP contribution in [0.15, 0.2) is 36.0 Å². The zero-order chi connectivity index (χ0) is 32.1. The van der Waals surface area contributed by atoms with E-state index in [2.05, 4.69) is 19.6 Å². The fourth-order valence-electron chi connectivity index (χ4n) is 7.09. The molecule has 1 aliphatic heterocycles. The van der Waals surface area contributed by atoms with E-state index in [0.29, 0.717) is 31.3 Å². The Bertz CT molecular complexity index is 1140. The van der Waals surface area contributed by atoms with Gasteiger partial charge in [-0.1, -0.05) is 52.0 Å². The van der Waals surface area contributed by atoms with Gasteiger partial charge in [0.15, 0.2) is 6.10 Å². The Kier molecular flexibility index (Phi) is 11.4. The number of rotatable bonds is 12. The molecule has 1 saturated heterocycles. The molecule has 9 atom stereocenters. The topological polar surface area (TPSA) is 124 Å². The lowest BCUT2D eigenvalue weighted by atomic mass is 9.44. The van der Waals surface area contributed by atoms with Crippen LogP contribution in [0.5, 0.6) is 0 Å². The summed E-state index contributed by atoms with van der Waals surface area (Å²) in [5.41, 5.74) is -0.576. The van der Waals surface area contributed by atoms with E-state index in [1.807, 2.05) is 27.7 Å². The van der Waals surface area contributed by atoms with Crippen LogP contribution in [0.3, 0.4) is 0 Å². The summed E-state index contributed by atoms with van der Waals surface area (Å²) >= 11 is 0. The van der Waals surface area contributed by atoms with Gasteiger partial charge in [0.05, 0.1) is 6.10 Å². The quantitative estimate of drug-likeness (QED) is 0.125. The zero-order valence-corrected chi connectivity index (χ0v) is 26.8. The molecule has 43 heavy (non-hydrogen) atoms. The summed E-state index contributed by atoms with van der Waals surface area (Å²) in [4.78, 5) is 51.3. The van der Waals surface area contributed by atoms with Crippen LogP contribution in [0.4, 0.5) is 0 Å². The maximum atomic E-state index is 13.1. The average Bonchev–Trinajstić information content (AvgIpc) is 3.23. The van der Waals surface area contributed by atoms with Crippen molar-refractivity contribution >= 4 is 23.9 Å². The second kappa shape index (κ2) is 14.2. The van der Waals surface area contributed by atoms with Crippen molar-refractivity contribution in [3.8, 4) is 0 Å². The summed E-state index contributed by atoms with van der Waals surface area (Å²) in [5, 5.41) is 0. The molecular formula is C33H48O10. The third-order valence-corrected chi connectivity index (χ3v) is 9.37. The molecule has 10 nitrogen and oxygen atoms in total. The van der Waals surface area contributed by atoms with E-state index in [4.69, 9.17) is 28.4 Å². The van der Waals surface area contributed by atoms with Gasteiger partial charge in [-0.2, -0.15) is 0 Å². The predicted molar refractivity (Wildman–Crippen MR) is 157 cm³/mol. The lowest BCUT2D eigenvalue weighted by molar-refractivity contribution is -0.279. The van der Waals surface area contributed by atoms with E-state index in [0.717, 1.165) is 5.57 Å². The van der Waals surface area contributed by atoms with Crippen molar-refractivity contribution in [3.63, 3.8) is 0 Å². The normalized spacial score (nSPS) is 35.1. The maximum absolute atomic E-state index is 13.1. The number of esters is 4. The van der Waals surface area contributed by atoms with Gasteiger partial charge in [0, 0.05) is 45.3 Å². The van der Waals surface area contributed by atoms with Crippen LogP contribution < -0.4 is 0 Å². The summed E-state index contributed by atoms with van der Waals surface area (Å²) in [6.07, 6.45) is 3.02. The zero-order valence-electron chi connectivity index (χ0n) is 26.8. The second-order valence-electron chi connectivity index (χ2n) is 12.2. The van der Waals surface area contributed by atoms with Crippen LogP contribution in [-0.2, 0) is 47.6 Å². The van der Waals surface area contributed by atoms with Crippen molar-refractivity contribution < 1.29 is 47.6 Å². The van der Waals surface area contributed by atoms with E-state index < -0.39 is 71.5 Å². The Hall–Kier alpha value is -2.98. The SMILES string of the molecule is C=C/C(C)=C/C[C@@]1(C)[C@@H]2CC(OC)C=C3C(OC(C)=O)OC(OC(=O)CCC)[C@@]32C(OC(C)=O)C(OC(=O)CCC)[C@@H]1C. The summed E-state index contributed by atoms with van der Waals surface area (Å²) < 4.78 is 36.2.